The van der Waals surface area contributed by atoms with Crippen molar-refractivity contribution in [3.63, 3.8) is 0 Å². The summed E-state index contributed by atoms with van der Waals surface area (Å²) in [6, 6.07) is 9.79. The maximum absolute atomic E-state index is 12.9. The Morgan fingerprint density at radius 1 is 1.28 bits per heavy atom. The zero-order valence-electron chi connectivity index (χ0n) is 17.3. The van der Waals surface area contributed by atoms with Crippen LogP contribution in [0.25, 0.3) is 10.6 Å². The average molecular weight is 466 g/mol. The van der Waals surface area contributed by atoms with Crippen LogP contribution in [0.1, 0.15) is 21.8 Å². The summed E-state index contributed by atoms with van der Waals surface area (Å²) in [5, 5.41) is 12.0. The fraction of sp³-hybridized carbons (Fsp3) is 0.227. The molecule has 1 fully saturated rings. The minimum absolute atomic E-state index is 0.137. The maximum atomic E-state index is 12.9. The highest BCUT2D eigenvalue weighted by Crippen LogP contribution is 2.31. The highest BCUT2D eigenvalue weighted by molar-refractivity contribution is 7.13. The van der Waals surface area contributed by atoms with Gasteiger partial charge in [0.2, 0.25) is 0 Å². The van der Waals surface area contributed by atoms with E-state index in [9.17, 15) is 4.79 Å². The number of nitrogens with zero attached hydrogens (tertiary/aromatic N) is 4. The van der Waals surface area contributed by atoms with Gasteiger partial charge < -0.3 is 21.7 Å². The number of benzene rings is 1. The third-order valence-electron chi connectivity index (χ3n) is 5.35. The molecule has 5 N–H and O–H groups in total. The zero-order valence-corrected chi connectivity index (χ0v) is 18.9. The van der Waals surface area contributed by atoms with Gasteiger partial charge in [0, 0.05) is 46.8 Å². The minimum atomic E-state index is -0.270. The van der Waals surface area contributed by atoms with Crippen molar-refractivity contribution < 1.29 is 4.79 Å². The molecule has 8 nitrogen and oxygen atoms in total. The number of nitrogens with one attached hydrogen (secondary N) is 1. The van der Waals surface area contributed by atoms with Gasteiger partial charge in [-0.2, -0.15) is 5.10 Å². The molecular formula is C22H23N7OS2. The van der Waals surface area contributed by atoms with Crippen LogP contribution in [0, 0.1) is 0 Å². The number of nitrogens with two attached hydrogens (primary N) is 2. The molecule has 1 amide bonds. The standard InChI is InChI=1S/C22H23N7OS2/c23-15-3-4-20(28-6-5-16(24)11-28)18(8-15)26-21(30)19-13-32-22(27-19)14-9-25-29(10-14)12-17-2-1-7-31-17/h1-4,7-10,13,16H,5-6,11-12,23-24H2,(H,26,30)/t16-/m1/s1. The molecule has 32 heavy (non-hydrogen) atoms. The summed E-state index contributed by atoms with van der Waals surface area (Å²) >= 11 is 3.12. The lowest BCUT2D eigenvalue weighted by Gasteiger charge is -2.22. The monoisotopic (exact) mass is 465 g/mol. The molecule has 0 spiro atoms. The molecule has 0 saturated carbocycles. The van der Waals surface area contributed by atoms with Crippen LogP contribution in [-0.2, 0) is 6.54 Å². The Labute approximate surface area is 193 Å². The summed E-state index contributed by atoms with van der Waals surface area (Å²) in [7, 11) is 0. The number of thiazole rings is 1. The molecule has 10 heteroatoms. The highest BCUT2D eigenvalue weighted by Gasteiger charge is 2.23. The first kappa shape index (κ1) is 20.7. The molecule has 0 aliphatic carbocycles. The number of thiophene rings is 1. The number of anilines is 3. The Hall–Kier alpha value is -3.21. The Kier molecular flexibility index (Phi) is 5.64. The molecule has 1 aliphatic heterocycles. The summed E-state index contributed by atoms with van der Waals surface area (Å²) in [4.78, 5) is 20.9. The van der Waals surface area contributed by atoms with E-state index in [1.54, 1.807) is 29.0 Å². The van der Waals surface area contributed by atoms with Crippen molar-refractivity contribution in [1.82, 2.24) is 14.8 Å². The van der Waals surface area contributed by atoms with Crippen LogP contribution in [0.15, 0.2) is 53.5 Å². The van der Waals surface area contributed by atoms with Gasteiger partial charge in [-0.25, -0.2) is 4.98 Å². The number of rotatable bonds is 6. The molecular weight excluding hydrogens is 442 g/mol. The molecule has 5 rings (SSSR count). The molecule has 1 saturated heterocycles. The maximum Gasteiger partial charge on any atom is 0.275 e. The second-order valence-electron chi connectivity index (χ2n) is 7.77. The number of hydrogen-bond acceptors (Lipinski definition) is 8. The van der Waals surface area contributed by atoms with Gasteiger partial charge in [0.1, 0.15) is 10.7 Å². The van der Waals surface area contributed by atoms with E-state index in [2.05, 4.69) is 31.7 Å². The van der Waals surface area contributed by atoms with Crippen molar-refractivity contribution in [3.05, 3.63) is 64.1 Å². The number of amides is 1. The predicted octanol–water partition coefficient (Wildman–Crippen LogP) is 3.49. The summed E-state index contributed by atoms with van der Waals surface area (Å²) in [5.74, 6) is -0.270. The fourth-order valence-electron chi connectivity index (χ4n) is 3.76. The SMILES string of the molecule is Nc1ccc(N2CC[C@@H](N)C2)c(NC(=O)c2csc(-c3cnn(Cc4cccs4)c3)n2)c1. The van der Waals surface area contributed by atoms with E-state index in [4.69, 9.17) is 11.5 Å². The van der Waals surface area contributed by atoms with Gasteiger partial charge in [0.25, 0.3) is 5.91 Å². The van der Waals surface area contributed by atoms with E-state index < -0.39 is 0 Å². The molecule has 1 aliphatic rings. The third-order valence-corrected chi connectivity index (χ3v) is 7.10. The van der Waals surface area contributed by atoms with Crippen LogP contribution in [0.5, 0.6) is 0 Å². The van der Waals surface area contributed by atoms with Crippen LogP contribution in [0.4, 0.5) is 17.1 Å². The second kappa shape index (κ2) is 8.73. The molecule has 0 unspecified atom stereocenters. The number of hydrogen-bond donors (Lipinski definition) is 3. The largest absolute Gasteiger partial charge is 0.399 e. The molecule has 0 radical (unpaired) electrons. The van der Waals surface area contributed by atoms with Gasteiger partial charge >= 0.3 is 0 Å². The van der Waals surface area contributed by atoms with E-state index in [0.29, 0.717) is 17.1 Å². The highest BCUT2D eigenvalue weighted by atomic mass is 32.1. The van der Waals surface area contributed by atoms with Crippen LogP contribution >= 0.6 is 22.7 Å². The van der Waals surface area contributed by atoms with E-state index in [1.807, 2.05) is 29.1 Å². The summed E-state index contributed by atoms with van der Waals surface area (Å²) in [6.07, 6.45) is 4.65. The zero-order chi connectivity index (χ0) is 22.1. The lowest BCUT2D eigenvalue weighted by Crippen LogP contribution is -2.27. The topological polar surface area (TPSA) is 115 Å². The molecule has 4 heterocycles. The quantitative estimate of drug-likeness (QED) is 0.376. The number of carbonyl (C=O) groups excluding carboxylic acids is 1. The Bertz CT molecular complexity index is 1230. The van der Waals surface area contributed by atoms with Crippen molar-refractivity contribution >= 4 is 45.6 Å². The summed E-state index contributed by atoms with van der Waals surface area (Å²) in [5.41, 5.74) is 15.5. The van der Waals surface area contributed by atoms with Crippen LogP contribution < -0.4 is 21.7 Å². The molecule has 164 valence electrons. The summed E-state index contributed by atoms with van der Waals surface area (Å²) in [6.45, 7) is 2.32. The van der Waals surface area contributed by atoms with Crippen molar-refractivity contribution in [3.8, 4) is 10.6 Å². The normalized spacial score (nSPS) is 15.9. The fourth-order valence-corrected chi connectivity index (χ4v) is 5.23. The van der Waals surface area contributed by atoms with Gasteiger partial charge in [-0.15, -0.1) is 22.7 Å². The second-order valence-corrected chi connectivity index (χ2v) is 9.66. The molecule has 0 bridgehead atoms. The molecule has 3 aromatic heterocycles. The van der Waals surface area contributed by atoms with E-state index >= 15 is 0 Å². The van der Waals surface area contributed by atoms with Crippen molar-refractivity contribution in [1.29, 1.82) is 0 Å². The minimum Gasteiger partial charge on any atom is -0.399 e. The lowest BCUT2D eigenvalue weighted by atomic mass is 10.2. The van der Waals surface area contributed by atoms with Gasteiger partial charge in [-0.3, -0.25) is 9.48 Å². The molecule has 4 aromatic rings. The average Bonchev–Trinajstić information content (AvgIpc) is 3.56. The first-order valence-corrected chi connectivity index (χ1v) is 12.0. The first-order chi connectivity index (χ1) is 15.5. The smallest absolute Gasteiger partial charge is 0.275 e. The van der Waals surface area contributed by atoms with E-state index in [1.165, 1.54) is 16.2 Å². The number of aromatic nitrogens is 3. The molecule has 1 aromatic carbocycles. The van der Waals surface area contributed by atoms with Crippen molar-refractivity contribution in [2.75, 3.05) is 29.0 Å². The van der Waals surface area contributed by atoms with Crippen LogP contribution in [-0.4, -0.2) is 39.8 Å². The van der Waals surface area contributed by atoms with Crippen LogP contribution in [0.3, 0.4) is 0 Å². The lowest BCUT2D eigenvalue weighted by molar-refractivity contribution is 0.102. The van der Waals surface area contributed by atoms with Gasteiger partial charge in [0.15, 0.2) is 0 Å². The molecule has 1 atom stereocenters. The Balaban J connectivity index is 1.32. The number of nitrogen functional groups attached to an aromatic ring is 1. The van der Waals surface area contributed by atoms with Crippen LogP contribution in [0.2, 0.25) is 0 Å². The number of carbonyl (C=O) groups is 1. The Morgan fingerprint density at radius 3 is 2.97 bits per heavy atom. The van der Waals surface area contributed by atoms with E-state index in [-0.39, 0.29) is 11.9 Å². The Morgan fingerprint density at radius 2 is 2.19 bits per heavy atom. The van der Waals surface area contributed by atoms with Crippen molar-refractivity contribution in [2.24, 2.45) is 5.73 Å². The first-order valence-electron chi connectivity index (χ1n) is 10.3. The predicted molar refractivity (Wildman–Crippen MR) is 130 cm³/mol. The van der Waals surface area contributed by atoms with Crippen molar-refractivity contribution in [2.45, 2.75) is 19.0 Å². The third kappa shape index (κ3) is 4.38. The van der Waals surface area contributed by atoms with Gasteiger partial charge in [-0.1, -0.05) is 6.07 Å². The van der Waals surface area contributed by atoms with Gasteiger partial charge in [-0.05, 0) is 36.1 Å². The van der Waals surface area contributed by atoms with E-state index in [0.717, 1.165) is 42.3 Å². The van der Waals surface area contributed by atoms with Gasteiger partial charge in [0.05, 0.1) is 24.1 Å². The summed E-state index contributed by atoms with van der Waals surface area (Å²) < 4.78 is 1.88.